The number of ether oxygens (including phenoxy) is 1. The first kappa shape index (κ1) is 18.9. The number of aryl methyl sites for hydroxylation is 1. The quantitative estimate of drug-likeness (QED) is 0.766. The maximum Gasteiger partial charge on any atom is 0.408 e. The molecule has 0 radical (unpaired) electrons. The molecule has 1 aliphatic carbocycles. The van der Waals surface area contributed by atoms with E-state index in [0.717, 1.165) is 24.8 Å². The molecule has 0 bridgehead atoms. The highest BCUT2D eigenvalue weighted by molar-refractivity contribution is 5.68. The number of hydrogen-bond donors (Lipinski definition) is 2. The predicted molar refractivity (Wildman–Crippen MR) is 94.8 cm³/mol. The molecule has 1 aromatic carbocycles. The fourth-order valence-electron chi connectivity index (χ4n) is 3.28. The topological polar surface area (TPSA) is 115 Å². The van der Waals surface area contributed by atoms with Crippen LogP contribution in [0.25, 0.3) is 0 Å². The van der Waals surface area contributed by atoms with Crippen LogP contribution in [0.4, 0.5) is 4.79 Å². The van der Waals surface area contributed by atoms with Crippen molar-refractivity contribution in [3.63, 3.8) is 0 Å². The van der Waals surface area contributed by atoms with E-state index in [-0.39, 0.29) is 25.3 Å². The van der Waals surface area contributed by atoms with Crippen LogP contribution in [-0.2, 0) is 28.1 Å². The molecule has 1 saturated carbocycles. The molecule has 1 amide bonds. The zero-order valence-corrected chi connectivity index (χ0v) is 15.0. The van der Waals surface area contributed by atoms with Crippen LogP contribution >= 0.6 is 0 Å². The smallest absolute Gasteiger partial charge is 0.408 e. The van der Waals surface area contributed by atoms with E-state index in [9.17, 15) is 9.59 Å². The Hall–Kier alpha value is -2.90. The number of carbonyl (C=O) groups excluding carboxylic acids is 1. The number of alkyl carbamates (subject to hydrolysis) is 1. The second-order valence-corrected chi connectivity index (χ2v) is 6.73. The molecule has 8 nitrogen and oxygen atoms in total. The molecule has 0 atom stereocenters. The predicted octanol–water partition coefficient (Wildman–Crippen LogP) is 3.17. The van der Waals surface area contributed by atoms with Crippen LogP contribution in [0.5, 0.6) is 0 Å². The largest absolute Gasteiger partial charge is 0.481 e. The standard InChI is InChI=1S/C19H23N3O5/c23-16(24)10-9-15-20-17(22-27-15)19(11-5-2-6-12-19)21-18(25)26-13-14-7-3-1-4-8-14/h1,3-4,7-8H,2,5-6,9-13H2,(H,21,25)(H,23,24). The number of carbonyl (C=O) groups is 2. The minimum absolute atomic E-state index is 0.0822. The number of nitrogens with zero attached hydrogens (tertiary/aromatic N) is 2. The summed E-state index contributed by atoms with van der Waals surface area (Å²) < 4.78 is 10.5. The second-order valence-electron chi connectivity index (χ2n) is 6.73. The molecule has 0 unspecified atom stereocenters. The van der Waals surface area contributed by atoms with Crippen molar-refractivity contribution in [2.45, 2.75) is 57.1 Å². The lowest BCUT2D eigenvalue weighted by molar-refractivity contribution is -0.137. The van der Waals surface area contributed by atoms with E-state index < -0.39 is 17.6 Å². The minimum atomic E-state index is -0.926. The summed E-state index contributed by atoms with van der Waals surface area (Å²) in [4.78, 5) is 27.4. The van der Waals surface area contributed by atoms with Crippen LogP contribution in [0.1, 0.15) is 55.8 Å². The van der Waals surface area contributed by atoms with Crippen LogP contribution in [0.2, 0.25) is 0 Å². The molecular formula is C19H23N3O5. The first-order valence-corrected chi connectivity index (χ1v) is 9.11. The lowest BCUT2D eigenvalue weighted by Crippen LogP contribution is -2.48. The average molecular weight is 373 g/mol. The molecule has 1 aliphatic rings. The Labute approximate surface area is 156 Å². The summed E-state index contributed by atoms with van der Waals surface area (Å²) in [5.74, 6) is -0.277. The van der Waals surface area contributed by atoms with Crippen molar-refractivity contribution in [1.29, 1.82) is 0 Å². The lowest BCUT2D eigenvalue weighted by Gasteiger charge is -2.34. The van der Waals surface area contributed by atoms with Gasteiger partial charge in [-0.15, -0.1) is 0 Å². The second kappa shape index (κ2) is 8.66. The summed E-state index contributed by atoms with van der Waals surface area (Å²) in [6.45, 7) is 0.179. The summed E-state index contributed by atoms with van der Waals surface area (Å²) in [6, 6.07) is 9.45. The Morgan fingerprint density at radius 2 is 1.93 bits per heavy atom. The van der Waals surface area contributed by atoms with Gasteiger partial charge in [-0.2, -0.15) is 4.98 Å². The Kier molecular flexibility index (Phi) is 6.05. The van der Waals surface area contributed by atoms with Gasteiger partial charge >= 0.3 is 12.1 Å². The zero-order chi connectivity index (χ0) is 19.1. The monoisotopic (exact) mass is 373 g/mol. The first-order chi connectivity index (χ1) is 13.1. The summed E-state index contributed by atoms with van der Waals surface area (Å²) in [6.07, 6.45) is 3.86. The van der Waals surface area contributed by atoms with Crippen LogP contribution in [0, 0.1) is 0 Å². The number of aliphatic carboxylic acids is 1. The molecule has 144 valence electrons. The Morgan fingerprint density at radius 1 is 1.19 bits per heavy atom. The van der Waals surface area contributed by atoms with Crippen molar-refractivity contribution in [3.8, 4) is 0 Å². The molecule has 0 spiro atoms. The number of carboxylic acids is 1. The summed E-state index contributed by atoms with van der Waals surface area (Å²) in [5.41, 5.74) is 0.164. The van der Waals surface area contributed by atoms with Gasteiger partial charge in [0.25, 0.3) is 0 Å². The van der Waals surface area contributed by atoms with E-state index in [0.29, 0.717) is 18.7 Å². The third kappa shape index (κ3) is 5.06. The van der Waals surface area contributed by atoms with Crippen molar-refractivity contribution in [2.24, 2.45) is 0 Å². The molecule has 8 heteroatoms. The number of amides is 1. The number of aromatic nitrogens is 2. The number of benzene rings is 1. The maximum atomic E-state index is 12.4. The van der Waals surface area contributed by atoms with Gasteiger partial charge in [-0.25, -0.2) is 4.79 Å². The van der Waals surface area contributed by atoms with Gasteiger partial charge in [0, 0.05) is 6.42 Å². The van der Waals surface area contributed by atoms with Crippen molar-refractivity contribution in [2.75, 3.05) is 0 Å². The van der Waals surface area contributed by atoms with Gasteiger partial charge in [0.05, 0.1) is 6.42 Å². The molecular weight excluding hydrogens is 350 g/mol. The van der Waals surface area contributed by atoms with Crippen LogP contribution in [0.3, 0.4) is 0 Å². The molecule has 0 aliphatic heterocycles. The molecule has 1 aromatic heterocycles. The molecule has 2 aromatic rings. The molecule has 1 heterocycles. The van der Waals surface area contributed by atoms with Crippen molar-refractivity contribution < 1.29 is 24.0 Å². The zero-order valence-electron chi connectivity index (χ0n) is 15.0. The summed E-state index contributed by atoms with van der Waals surface area (Å²) >= 11 is 0. The van der Waals surface area contributed by atoms with Crippen LogP contribution in [-0.4, -0.2) is 27.3 Å². The van der Waals surface area contributed by atoms with E-state index in [1.54, 1.807) is 0 Å². The van der Waals surface area contributed by atoms with Crippen molar-refractivity contribution in [3.05, 3.63) is 47.6 Å². The van der Waals surface area contributed by atoms with E-state index in [1.165, 1.54) is 0 Å². The van der Waals surface area contributed by atoms with Gasteiger partial charge in [0.15, 0.2) is 5.82 Å². The van der Waals surface area contributed by atoms with E-state index >= 15 is 0 Å². The fraction of sp³-hybridized carbons (Fsp3) is 0.474. The maximum absolute atomic E-state index is 12.4. The number of nitrogens with one attached hydrogen (secondary N) is 1. The summed E-state index contributed by atoms with van der Waals surface area (Å²) in [7, 11) is 0. The van der Waals surface area contributed by atoms with Gasteiger partial charge < -0.3 is 19.7 Å². The first-order valence-electron chi connectivity index (χ1n) is 9.11. The highest BCUT2D eigenvalue weighted by Gasteiger charge is 2.40. The molecule has 27 heavy (non-hydrogen) atoms. The number of hydrogen-bond acceptors (Lipinski definition) is 6. The van der Waals surface area contributed by atoms with Crippen LogP contribution < -0.4 is 5.32 Å². The van der Waals surface area contributed by atoms with Gasteiger partial charge in [-0.3, -0.25) is 4.79 Å². The molecule has 3 rings (SSSR count). The number of carboxylic acid groups (broad SMARTS) is 1. The van der Waals surface area contributed by atoms with Gasteiger partial charge in [0.2, 0.25) is 5.89 Å². The molecule has 1 fully saturated rings. The lowest BCUT2D eigenvalue weighted by atomic mass is 9.81. The van der Waals surface area contributed by atoms with Crippen LogP contribution in [0.15, 0.2) is 34.9 Å². The highest BCUT2D eigenvalue weighted by atomic mass is 16.5. The van der Waals surface area contributed by atoms with E-state index in [4.69, 9.17) is 14.4 Å². The van der Waals surface area contributed by atoms with E-state index in [2.05, 4.69) is 15.5 Å². The third-order valence-electron chi connectivity index (χ3n) is 4.71. The van der Waals surface area contributed by atoms with E-state index in [1.807, 2.05) is 30.3 Å². The van der Waals surface area contributed by atoms with Gasteiger partial charge in [0.1, 0.15) is 12.1 Å². The summed E-state index contributed by atoms with van der Waals surface area (Å²) in [5, 5.41) is 15.7. The molecule has 2 N–H and O–H groups in total. The van der Waals surface area contributed by atoms with Gasteiger partial charge in [-0.05, 0) is 18.4 Å². The van der Waals surface area contributed by atoms with Crippen molar-refractivity contribution >= 4 is 12.1 Å². The average Bonchev–Trinajstić information content (AvgIpc) is 3.16. The van der Waals surface area contributed by atoms with Crippen molar-refractivity contribution in [1.82, 2.24) is 15.5 Å². The fourth-order valence-corrected chi connectivity index (χ4v) is 3.28. The number of rotatable bonds is 7. The Balaban J connectivity index is 1.67. The highest BCUT2D eigenvalue weighted by Crippen LogP contribution is 2.35. The third-order valence-corrected chi connectivity index (χ3v) is 4.71. The molecule has 0 saturated heterocycles. The van der Waals surface area contributed by atoms with Gasteiger partial charge in [-0.1, -0.05) is 54.8 Å². The Morgan fingerprint density at radius 3 is 2.63 bits per heavy atom. The Bertz CT molecular complexity index is 769. The normalized spacial score (nSPS) is 15.9. The minimum Gasteiger partial charge on any atom is -0.481 e. The SMILES string of the molecule is O=C(O)CCc1nc(C2(NC(=O)OCc3ccccc3)CCCCC2)no1.